The van der Waals surface area contributed by atoms with E-state index in [2.05, 4.69) is 5.32 Å². The fourth-order valence-electron chi connectivity index (χ4n) is 2.56. The molecule has 2 unspecified atom stereocenters. The zero-order chi connectivity index (χ0) is 13.8. The van der Waals surface area contributed by atoms with Gasteiger partial charge in [-0.1, -0.05) is 6.42 Å². The van der Waals surface area contributed by atoms with E-state index in [1.165, 1.54) is 6.42 Å². The summed E-state index contributed by atoms with van der Waals surface area (Å²) in [6, 6.07) is 7.88. The minimum Gasteiger partial charge on any atom is -0.378 e. The molecule has 104 valence electrons. The van der Waals surface area contributed by atoms with Gasteiger partial charge in [0.25, 0.3) is 5.91 Å². The number of nitrogens with one attached hydrogen (secondary N) is 1. The van der Waals surface area contributed by atoms with Gasteiger partial charge in [-0.25, -0.2) is 0 Å². The van der Waals surface area contributed by atoms with Crippen molar-refractivity contribution < 1.29 is 4.79 Å². The number of rotatable bonds is 4. The molecule has 0 aliphatic heterocycles. The van der Waals surface area contributed by atoms with Gasteiger partial charge in [-0.3, -0.25) is 4.79 Å². The highest BCUT2D eigenvalue weighted by Gasteiger charge is 2.24. The summed E-state index contributed by atoms with van der Waals surface area (Å²) in [6.45, 7) is 0.690. The summed E-state index contributed by atoms with van der Waals surface area (Å²) in [5, 5.41) is 2.99. The highest BCUT2D eigenvalue weighted by molar-refractivity contribution is 5.94. The molecule has 1 aromatic carbocycles. The van der Waals surface area contributed by atoms with Crippen LogP contribution in [-0.4, -0.2) is 32.6 Å². The van der Waals surface area contributed by atoms with Crippen molar-refractivity contribution in [3.63, 3.8) is 0 Å². The summed E-state index contributed by atoms with van der Waals surface area (Å²) < 4.78 is 0. The molecule has 4 nitrogen and oxygen atoms in total. The van der Waals surface area contributed by atoms with Crippen LogP contribution in [0, 0.1) is 5.92 Å². The molecule has 1 amide bonds. The number of amides is 1. The number of hydrogen-bond donors (Lipinski definition) is 2. The molecular weight excluding hydrogens is 238 g/mol. The maximum Gasteiger partial charge on any atom is 0.251 e. The van der Waals surface area contributed by atoms with Crippen LogP contribution in [0.5, 0.6) is 0 Å². The number of nitrogens with two attached hydrogens (primary N) is 1. The Balaban J connectivity index is 1.89. The maximum atomic E-state index is 12.0. The Hall–Kier alpha value is -1.55. The van der Waals surface area contributed by atoms with Crippen molar-refractivity contribution in [3.8, 4) is 0 Å². The van der Waals surface area contributed by atoms with Crippen LogP contribution in [0.4, 0.5) is 5.69 Å². The molecular formula is C15H23N3O. The average Bonchev–Trinajstić information content (AvgIpc) is 2.81. The molecule has 0 spiro atoms. The van der Waals surface area contributed by atoms with Crippen LogP contribution in [0.3, 0.4) is 0 Å². The van der Waals surface area contributed by atoms with Crippen LogP contribution < -0.4 is 16.0 Å². The van der Waals surface area contributed by atoms with Crippen LogP contribution in [-0.2, 0) is 0 Å². The van der Waals surface area contributed by atoms with Crippen molar-refractivity contribution in [1.82, 2.24) is 5.32 Å². The van der Waals surface area contributed by atoms with Gasteiger partial charge in [0.15, 0.2) is 0 Å². The summed E-state index contributed by atoms with van der Waals surface area (Å²) in [4.78, 5) is 14.0. The largest absolute Gasteiger partial charge is 0.378 e. The third kappa shape index (κ3) is 3.47. The van der Waals surface area contributed by atoms with Crippen LogP contribution >= 0.6 is 0 Å². The zero-order valence-electron chi connectivity index (χ0n) is 11.7. The fraction of sp³-hybridized carbons (Fsp3) is 0.533. The summed E-state index contributed by atoms with van der Waals surface area (Å²) >= 11 is 0. The predicted molar refractivity (Wildman–Crippen MR) is 78.4 cm³/mol. The summed E-state index contributed by atoms with van der Waals surface area (Å²) in [5.74, 6) is 0.425. The minimum absolute atomic E-state index is 0.00981. The molecule has 0 radical (unpaired) electrons. The summed E-state index contributed by atoms with van der Waals surface area (Å²) in [5.41, 5.74) is 7.80. The first-order valence-corrected chi connectivity index (χ1v) is 6.89. The molecule has 1 fully saturated rings. The molecule has 2 atom stereocenters. The molecule has 2 rings (SSSR count). The molecule has 1 aliphatic rings. The first kappa shape index (κ1) is 13.9. The van der Waals surface area contributed by atoms with Gasteiger partial charge in [-0.15, -0.1) is 0 Å². The van der Waals surface area contributed by atoms with E-state index in [1.54, 1.807) is 0 Å². The highest BCUT2D eigenvalue weighted by atomic mass is 16.1. The molecule has 1 saturated carbocycles. The number of carbonyl (C=O) groups is 1. The lowest BCUT2D eigenvalue weighted by Crippen LogP contribution is -2.36. The number of hydrogen-bond acceptors (Lipinski definition) is 3. The van der Waals surface area contributed by atoms with Crippen LogP contribution in [0.15, 0.2) is 24.3 Å². The second kappa shape index (κ2) is 6.06. The smallest absolute Gasteiger partial charge is 0.251 e. The van der Waals surface area contributed by atoms with Gasteiger partial charge in [0.05, 0.1) is 0 Å². The van der Waals surface area contributed by atoms with E-state index in [9.17, 15) is 4.79 Å². The third-order valence-corrected chi connectivity index (χ3v) is 3.89. The van der Waals surface area contributed by atoms with Crippen molar-refractivity contribution in [2.45, 2.75) is 25.3 Å². The molecule has 0 aromatic heterocycles. The number of benzene rings is 1. The Morgan fingerprint density at radius 2 is 2.00 bits per heavy atom. The lowest BCUT2D eigenvalue weighted by molar-refractivity contribution is 0.0946. The van der Waals surface area contributed by atoms with Crippen LogP contribution in [0.1, 0.15) is 29.6 Å². The second-order valence-corrected chi connectivity index (χ2v) is 5.51. The summed E-state index contributed by atoms with van der Waals surface area (Å²) in [7, 11) is 3.97. The van der Waals surface area contributed by atoms with Gasteiger partial charge < -0.3 is 16.0 Å². The molecule has 4 heteroatoms. The van der Waals surface area contributed by atoms with Gasteiger partial charge in [0.2, 0.25) is 0 Å². The normalized spacial score (nSPS) is 22.3. The molecule has 19 heavy (non-hydrogen) atoms. The molecule has 0 bridgehead atoms. The number of anilines is 1. The molecule has 3 N–H and O–H groups in total. The SMILES string of the molecule is CN(C)c1ccc(C(=O)NCC2CCCC2N)cc1. The average molecular weight is 261 g/mol. The van der Waals surface area contributed by atoms with Gasteiger partial charge in [0.1, 0.15) is 0 Å². The topological polar surface area (TPSA) is 58.4 Å². The quantitative estimate of drug-likeness (QED) is 0.865. The lowest BCUT2D eigenvalue weighted by Gasteiger charge is -2.16. The van der Waals surface area contributed by atoms with Gasteiger partial charge in [-0.2, -0.15) is 0 Å². The predicted octanol–water partition coefficient (Wildman–Crippen LogP) is 1.61. The van der Waals surface area contributed by atoms with Crippen molar-refractivity contribution in [1.29, 1.82) is 0 Å². The Kier molecular flexibility index (Phi) is 4.43. The lowest BCUT2D eigenvalue weighted by atomic mass is 10.0. The van der Waals surface area contributed by atoms with E-state index in [0.29, 0.717) is 18.0 Å². The highest BCUT2D eigenvalue weighted by Crippen LogP contribution is 2.23. The molecule has 0 heterocycles. The maximum absolute atomic E-state index is 12.0. The monoisotopic (exact) mass is 261 g/mol. The first-order valence-electron chi connectivity index (χ1n) is 6.89. The van der Waals surface area contributed by atoms with Crippen molar-refractivity contribution in [2.75, 3.05) is 25.5 Å². The number of nitrogens with zero attached hydrogens (tertiary/aromatic N) is 1. The van der Waals surface area contributed by atoms with E-state index in [0.717, 1.165) is 18.5 Å². The summed E-state index contributed by atoms with van der Waals surface area (Å²) in [6.07, 6.45) is 3.39. The van der Waals surface area contributed by atoms with Gasteiger partial charge in [-0.05, 0) is 43.0 Å². The van der Waals surface area contributed by atoms with Crippen molar-refractivity contribution in [2.24, 2.45) is 11.7 Å². The Labute approximate surface area is 115 Å². The van der Waals surface area contributed by atoms with E-state index in [-0.39, 0.29) is 11.9 Å². The van der Waals surface area contributed by atoms with E-state index in [1.807, 2.05) is 43.3 Å². The standard InChI is InChI=1S/C15H23N3O/c1-18(2)13-8-6-11(7-9-13)15(19)17-10-12-4-3-5-14(12)16/h6-9,12,14H,3-5,10,16H2,1-2H3,(H,17,19). The Morgan fingerprint density at radius 3 is 2.53 bits per heavy atom. The minimum atomic E-state index is -0.00981. The third-order valence-electron chi connectivity index (χ3n) is 3.89. The fourth-order valence-corrected chi connectivity index (χ4v) is 2.56. The van der Waals surface area contributed by atoms with Crippen LogP contribution in [0.25, 0.3) is 0 Å². The Bertz CT molecular complexity index is 428. The Morgan fingerprint density at radius 1 is 1.32 bits per heavy atom. The molecule has 1 aliphatic carbocycles. The van der Waals surface area contributed by atoms with E-state index < -0.39 is 0 Å². The molecule has 1 aromatic rings. The molecule has 0 saturated heterocycles. The number of carbonyl (C=O) groups excluding carboxylic acids is 1. The second-order valence-electron chi connectivity index (χ2n) is 5.51. The van der Waals surface area contributed by atoms with Gasteiger partial charge in [0, 0.05) is 37.9 Å². The first-order chi connectivity index (χ1) is 9.08. The zero-order valence-corrected chi connectivity index (χ0v) is 11.7. The van der Waals surface area contributed by atoms with Crippen molar-refractivity contribution in [3.05, 3.63) is 29.8 Å². The van der Waals surface area contributed by atoms with Crippen molar-refractivity contribution >= 4 is 11.6 Å². The van der Waals surface area contributed by atoms with E-state index in [4.69, 9.17) is 5.73 Å². The van der Waals surface area contributed by atoms with E-state index >= 15 is 0 Å². The van der Waals surface area contributed by atoms with Crippen LogP contribution in [0.2, 0.25) is 0 Å². The van der Waals surface area contributed by atoms with Gasteiger partial charge >= 0.3 is 0 Å².